The van der Waals surface area contributed by atoms with Crippen molar-refractivity contribution in [2.24, 2.45) is 0 Å². The number of hydrogen-bond acceptors (Lipinski definition) is 3. The fourth-order valence-corrected chi connectivity index (χ4v) is 1.69. The lowest BCUT2D eigenvalue weighted by molar-refractivity contribution is -0.274. The van der Waals surface area contributed by atoms with Crippen LogP contribution in [0.25, 0.3) is 11.3 Å². The summed E-state index contributed by atoms with van der Waals surface area (Å²) in [4.78, 5) is 4.07. The Morgan fingerprint density at radius 2 is 1.89 bits per heavy atom. The van der Waals surface area contributed by atoms with Gasteiger partial charge < -0.3 is 10.5 Å². The Bertz CT molecular complexity index is 597. The predicted octanol–water partition coefficient (Wildman–Crippen LogP) is 3.54. The van der Waals surface area contributed by atoms with E-state index in [2.05, 4.69) is 9.72 Å². The quantitative estimate of drug-likeness (QED) is 0.906. The van der Waals surface area contributed by atoms with Gasteiger partial charge in [-0.1, -0.05) is 12.1 Å². The third kappa shape index (κ3) is 3.15. The Labute approximate surface area is 107 Å². The van der Waals surface area contributed by atoms with Gasteiger partial charge in [0.2, 0.25) is 0 Å². The van der Waals surface area contributed by atoms with E-state index in [0.29, 0.717) is 5.69 Å². The van der Waals surface area contributed by atoms with Gasteiger partial charge >= 0.3 is 6.36 Å². The van der Waals surface area contributed by atoms with Gasteiger partial charge in [-0.2, -0.15) is 0 Å². The molecular weight excluding hydrogens is 257 g/mol. The van der Waals surface area contributed by atoms with E-state index >= 15 is 0 Å². The minimum absolute atomic E-state index is 0.206. The van der Waals surface area contributed by atoms with E-state index in [1.165, 1.54) is 24.4 Å². The molecule has 1 heterocycles. The molecule has 0 aliphatic rings. The molecule has 6 heteroatoms. The van der Waals surface area contributed by atoms with Crippen LogP contribution in [0.5, 0.6) is 5.75 Å². The zero-order valence-electron chi connectivity index (χ0n) is 10.0. The zero-order valence-corrected chi connectivity index (χ0v) is 10.0. The molecule has 2 aromatic rings. The molecule has 0 fully saturated rings. The number of pyridine rings is 1. The number of alkyl halides is 3. The zero-order chi connectivity index (χ0) is 14.0. The predicted molar refractivity (Wildman–Crippen MR) is 65.5 cm³/mol. The van der Waals surface area contributed by atoms with Gasteiger partial charge in [-0.3, -0.25) is 4.98 Å². The van der Waals surface area contributed by atoms with Crippen molar-refractivity contribution in [3.05, 3.63) is 42.1 Å². The molecule has 1 aromatic carbocycles. The monoisotopic (exact) mass is 268 g/mol. The fourth-order valence-electron chi connectivity index (χ4n) is 1.69. The van der Waals surface area contributed by atoms with Crippen LogP contribution in [0.1, 0.15) is 5.56 Å². The molecular formula is C13H11F3N2O. The summed E-state index contributed by atoms with van der Waals surface area (Å²) in [5.41, 5.74) is 7.39. The van der Waals surface area contributed by atoms with Crippen molar-refractivity contribution in [1.29, 1.82) is 0 Å². The highest BCUT2D eigenvalue weighted by molar-refractivity contribution is 5.77. The number of nitrogen functional groups attached to an aromatic ring is 1. The van der Waals surface area contributed by atoms with Gasteiger partial charge in [0, 0.05) is 11.8 Å². The second kappa shape index (κ2) is 4.79. The van der Waals surface area contributed by atoms with Gasteiger partial charge in [-0.05, 0) is 30.7 Å². The summed E-state index contributed by atoms with van der Waals surface area (Å²) in [6.07, 6.45) is -3.22. The molecule has 2 N–H and O–H groups in total. The third-order valence-corrected chi connectivity index (χ3v) is 2.42. The van der Waals surface area contributed by atoms with Crippen LogP contribution in [0.15, 0.2) is 36.5 Å². The standard InChI is InChI=1S/C13H11F3N2O/c1-8-6-10(17)12(18-7-8)9-4-2-3-5-11(9)19-13(14,15)16/h2-7H,17H2,1H3. The Hall–Kier alpha value is -2.24. The van der Waals surface area contributed by atoms with E-state index in [9.17, 15) is 13.2 Å². The van der Waals surface area contributed by atoms with Gasteiger partial charge in [0.05, 0.1) is 11.4 Å². The second-order valence-electron chi connectivity index (χ2n) is 3.99. The molecule has 0 unspecified atom stereocenters. The van der Waals surface area contributed by atoms with E-state index in [4.69, 9.17) is 5.73 Å². The van der Waals surface area contributed by atoms with Gasteiger partial charge in [-0.15, -0.1) is 13.2 Å². The summed E-state index contributed by atoms with van der Waals surface area (Å²) in [6.45, 7) is 1.80. The van der Waals surface area contributed by atoms with E-state index < -0.39 is 6.36 Å². The molecule has 3 nitrogen and oxygen atoms in total. The molecule has 100 valence electrons. The van der Waals surface area contributed by atoms with Crippen LogP contribution in [-0.4, -0.2) is 11.3 Å². The van der Waals surface area contributed by atoms with Crippen LogP contribution >= 0.6 is 0 Å². The minimum Gasteiger partial charge on any atom is -0.405 e. The van der Waals surface area contributed by atoms with E-state index in [1.54, 1.807) is 19.1 Å². The minimum atomic E-state index is -4.75. The largest absolute Gasteiger partial charge is 0.573 e. The van der Waals surface area contributed by atoms with Gasteiger partial charge in [0.15, 0.2) is 0 Å². The Balaban J connectivity index is 2.50. The number of nitrogens with two attached hydrogens (primary N) is 1. The topological polar surface area (TPSA) is 48.1 Å². The Morgan fingerprint density at radius 1 is 1.21 bits per heavy atom. The average molecular weight is 268 g/mol. The summed E-state index contributed by atoms with van der Waals surface area (Å²) in [5.74, 6) is -0.321. The number of aryl methyl sites for hydroxylation is 1. The highest BCUT2D eigenvalue weighted by Crippen LogP contribution is 2.35. The lowest BCUT2D eigenvalue weighted by Crippen LogP contribution is -2.17. The van der Waals surface area contributed by atoms with E-state index in [0.717, 1.165) is 5.56 Å². The van der Waals surface area contributed by atoms with Gasteiger partial charge in [-0.25, -0.2) is 0 Å². The van der Waals surface area contributed by atoms with Gasteiger partial charge in [0.1, 0.15) is 5.75 Å². The SMILES string of the molecule is Cc1cnc(-c2ccccc2OC(F)(F)F)c(N)c1. The summed E-state index contributed by atoms with van der Waals surface area (Å²) < 4.78 is 41.0. The molecule has 0 spiro atoms. The number of hydrogen-bond donors (Lipinski definition) is 1. The van der Waals surface area contributed by atoms with E-state index in [-0.39, 0.29) is 17.0 Å². The lowest BCUT2D eigenvalue weighted by Gasteiger charge is -2.14. The molecule has 0 saturated carbocycles. The number of nitrogens with zero attached hydrogens (tertiary/aromatic N) is 1. The number of aromatic nitrogens is 1. The van der Waals surface area contributed by atoms with Crippen LogP contribution in [0.3, 0.4) is 0 Å². The first kappa shape index (κ1) is 13.2. The third-order valence-electron chi connectivity index (χ3n) is 2.42. The number of ether oxygens (including phenoxy) is 1. The first-order valence-corrected chi connectivity index (χ1v) is 5.44. The van der Waals surface area contributed by atoms with Crippen molar-refractivity contribution in [3.8, 4) is 17.0 Å². The maximum Gasteiger partial charge on any atom is 0.573 e. The normalized spacial score (nSPS) is 11.4. The number of anilines is 1. The first-order valence-electron chi connectivity index (χ1n) is 5.44. The molecule has 0 bridgehead atoms. The molecule has 0 saturated heterocycles. The smallest absolute Gasteiger partial charge is 0.405 e. The number of benzene rings is 1. The average Bonchev–Trinajstić information content (AvgIpc) is 2.28. The highest BCUT2D eigenvalue weighted by atomic mass is 19.4. The summed E-state index contributed by atoms with van der Waals surface area (Å²) in [5, 5.41) is 0. The molecule has 0 aliphatic carbocycles. The molecule has 1 aromatic heterocycles. The first-order chi connectivity index (χ1) is 8.87. The van der Waals surface area contributed by atoms with Crippen molar-refractivity contribution in [1.82, 2.24) is 4.98 Å². The number of halogens is 3. The summed E-state index contributed by atoms with van der Waals surface area (Å²) in [6, 6.07) is 7.40. The molecule has 0 aliphatic heterocycles. The maximum atomic E-state index is 12.3. The molecule has 19 heavy (non-hydrogen) atoms. The van der Waals surface area contributed by atoms with Crippen LogP contribution in [0.2, 0.25) is 0 Å². The van der Waals surface area contributed by atoms with Crippen molar-refractivity contribution in [3.63, 3.8) is 0 Å². The Kier molecular flexibility index (Phi) is 3.33. The molecule has 0 radical (unpaired) electrons. The fraction of sp³-hybridized carbons (Fsp3) is 0.154. The van der Waals surface area contributed by atoms with E-state index in [1.807, 2.05) is 0 Å². The molecule has 2 rings (SSSR count). The number of para-hydroxylation sites is 1. The van der Waals surface area contributed by atoms with Crippen molar-refractivity contribution < 1.29 is 17.9 Å². The molecule has 0 atom stereocenters. The maximum absolute atomic E-state index is 12.3. The van der Waals surface area contributed by atoms with Crippen LogP contribution in [-0.2, 0) is 0 Å². The Morgan fingerprint density at radius 3 is 2.53 bits per heavy atom. The molecule has 0 amide bonds. The van der Waals surface area contributed by atoms with Crippen LogP contribution < -0.4 is 10.5 Å². The van der Waals surface area contributed by atoms with Crippen LogP contribution in [0, 0.1) is 6.92 Å². The van der Waals surface area contributed by atoms with Crippen molar-refractivity contribution in [2.75, 3.05) is 5.73 Å². The van der Waals surface area contributed by atoms with Gasteiger partial charge in [0.25, 0.3) is 0 Å². The highest BCUT2D eigenvalue weighted by Gasteiger charge is 2.32. The van der Waals surface area contributed by atoms with Crippen molar-refractivity contribution in [2.45, 2.75) is 13.3 Å². The lowest BCUT2D eigenvalue weighted by atomic mass is 10.1. The number of rotatable bonds is 2. The van der Waals surface area contributed by atoms with Crippen molar-refractivity contribution >= 4 is 5.69 Å². The second-order valence-corrected chi connectivity index (χ2v) is 3.99. The summed E-state index contributed by atoms with van der Waals surface area (Å²) in [7, 11) is 0. The summed E-state index contributed by atoms with van der Waals surface area (Å²) >= 11 is 0. The van der Waals surface area contributed by atoms with Crippen LogP contribution in [0.4, 0.5) is 18.9 Å².